The Balaban J connectivity index is 1.83. The Labute approximate surface area is 198 Å². The van der Waals surface area contributed by atoms with Gasteiger partial charge in [0.1, 0.15) is 11.5 Å². The third-order valence-corrected chi connectivity index (χ3v) is 6.03. The minimum atomic E-state index is -0.717. The van der Waals surface area contributed by atoms with Crippen LogP contribution in [0.25, 0.3) is 11.4 Å². The third kappa shape index (κ3) is 4.20. The Kier molecular flexibility index (Phi) is 6.51. The lowest BCUT2D eigenvalue weighted by Gasteiger charge is -2.26. The molecule has 0 radical (unpaired) electrons. The highest BCUT2D eigenvalue weighted by atomic mass is 16.5. The minimum absolute atomic E-state index is 0.0598. The number of aromatic nitrogens is 2. The fraction of sp³-hybridized carbons (Fsp3) is 0.269. The number of carbonyl (C=O) groups is 2. The minimum Gasteiger partial charge on any atom is -0.507 e. The van der Waals surface area contributed by atoms with E-state index in [0.717, 1.165) is 5.69 Å². The highest BCUT2D eigenvalue weighted by molar-refractivity contribution is 6.46. The Bertz CT molecular complexity index is 1230. The molecule has 1 saturated heterocycles. The van der Waals surface area contributed by atoms with Gasteiger partial charge in [0.2, 0.25) is 0 Å². The summed E-state index contributed by atoms with van der Waals surface area (Å²) in [6, 6.07) is 16.0. The number of likely N-dealkylation sites (N-methyl/N-ethyl adjacent to an activating group) is 1. The normalized spacial score (nSPS) is 17.6. The van der Waals surface area contributed by atoms with Crippen molar-refractivity contribution in [1.82, 2.24) is 19.6 Å². The number of rotatable bonds is 7. The molecule has 0 unspecified atom stereocenters. The number of hydrogen-bond donors (Lipinski definition) is 1. The van der Waals surface area contributed by atoms with Gasteiger partial charge in [0.25, 0.3) is 11.7 Å². The standard InChI is InChI=1S/C26H28N4O4/c1-17-21(16-27-30(17)19-8-6-5-7-9-19)24(31)22-23(18-10-12-20(34-4)13-11-18)29(15-14-28(2)3)26(33)25(22)32/h5-13,16,23,31H,14-15H2,1-4H3/b24-22+/t23-/m1/s1. The number of Topliss-reactive ketones (excluding diaryl/α,β-unsaturated/α-hetero) is 1. The molecule has 3 aromatic rings. The van der Waals surface area contributed by atoms with Gasteiger partial charge in [0.05, 0.1) is 41.9 Å². The molecule has 0 bridgehead atoms. The van der Waals surface area contributed by atoms with Crippen molar-refractivity contribution >= 4 is 17.4 Å². The van der Waals surface area contributed by atoms with Crippen LogP contribution in [0.5, 0.6) is 5.75 Å². The smallest absolute Gasteiger partial charge is 0.295 e. The van der Waals surface area contributed by atoms with Crippen LogP contribution in [-0.2, 0) is 9.59 Å². The zero-order chi connectivity index (χ0) is 24.4. The lowest BCUT2D eigenvalue weighted by atomic mass is 9.95. The number of hydrogen-bond acceptors (Lipinski definition) is 6. The second-order valence-corrected chi connectivity index (χ2v) is 8.46. The molecule has 176 valence electrons. The van der Waals surface area contributed by atoms with Crippen molar-refractivity contribution in [2.45, 2.75) is 13.0 Å². The molecule has 0 spiro atoms. The first-order chi connectivity index (χ1) is 16.3. The van der Waals surface area contributed by atoms with Crippen LogP contribution in [0.3, 0.4) is 0 Å². The van der Waals surface area contributed by atoms with Crippen LogP contribution in [0, 0.1) is 6.92 Å². The number of likely N-dealkylation sites (tertiary alicyclic amines) is 1. The average molecular weight is 461 g/mol. The van der Waals surface area contributed by atoms with E-state index < -0.39 is 17.7 Å². The largest absolute Gasteiger partial charge is 0.507 e. The van der Waals surface area contributed by atoms with Crippen LogP contribution < -0.4 is 4.74 Å². The zero-order valence-electron chi connectivity index (χ0n) is 19.7. The molecular formula is C26H28N4O4. The zero-order valence-corrected chi connectivity index (χ0v) is 19.7. The van der Waals surface area contributed by atoms with Gasteiger partial charge >= 0.3 is 0 Å². The van der Waals surface area contributed by atoms with E-state index >= 15 is 0 Å². The number of aliphatic hydroxyl groups is 1. The van der Waals surface area contributed by atoms with E-state index in [4.69, 9.17) is 4.74 Å². The van der Waals surface area contributed by atoms with Gasteiger partial charge in [-0.15, -0.1) is 0 Å². The number of ether oxygens (including phenoxy) is 1. The highest BCUT2D eigenvalue weighted by Gasteiger charge is 2.46. The summed E-state index contributed by atoms with van der Waals surface area (Å²) in [6.45, 7) is 2.73. The molecule has 0 saturated carbocycles. The summed E-state index contributed by atoms with van der Waals surface area (Å²) in [7, 11) is 5.38. The van der Waals surface area contributed by atoms with E-state index in [0.29, 0.717) is 35.7 Å². The van der Waals surface area contributed by atoms with E-state index in [1.54, 1.807) is 23.9 Å². The topological polar surface area (TPSA) is 87.9 Å². The fourth-order valence-electron chi connectivity index (χ4n) is 4.17. The fourth-order valence-corrected chi connectivity index (χ4v) is 4.17. The molecule has 1 aliphatic rings. The second-order valence-electron chi connectivity index (χ2n) is 8.46. The number of nitrogens with zero attached hydrogens (tertiary/aromatic N) is 4. The summed E-state index contributed by atoms with van der Waals surface area (Å²) >= 11 is 0. The van der Waals surface area contributed by atoms with Crippen molar-refractivity contribution in [1.29, 1.82) is 0 Å². The first kappa shape index (κ1) is 23.3. The first-order valence-electron chi connectivity index (χ1n) is 11.0. The molecule has 1 aromatic heterocycles. The molecule has 1 amide bonds. The van der Waals surface area contributed by atoms with Gasteiger partial charge < -0.3 is 19.6 Å². The molecule has 0 aliphatic carbocycles. The summed E-state index contributed by atoms with van der Waals surface area (Å²) in [5.74, 6) is -0.901. The predicted octanol–water partition coefficient (Wildman–Crippen LogP) is 3.17. The van der Waals surface area contributed by atoms with E-state index in [9.17, 15) is 14.7 Å². The maximum atomic E-state index is 13.2. The number of para-hydroxylation sites is 1. The molecule has 1 fully saturated rings. The van der Waals surface area contributed by atoms with Crippen LogP contribution in [-0.4, -0.2) is 70.7 Å². The van der Waals surface area contributed by atoms with Crippen molar-refractivity contribution in [2.75, 3.05) is 34.3 Å². The van der Waals surface area contributed by atoms with Crippen molar-refractivity contribution in [3.63, 3.8) is 0 Å². The van der Waals surface area contributed by atoms with Crippen molar-refractivity contribution in [2.24, 2.45) is 0 Å². The highest BCUT2D eigenvalue weighted by Crippen LogP contribution is 2.40. The van der Waals surface area contributed by atoms with Gasteiger partial charge in [-0.05, 0) is 50.8 Å². The molecule has 4 rings (SSSR count). The van der Waals surface area contributed by atoms with Gasteiger partial charge in [-0.25, -0.2) is 4.68 Å². The second kappa shape index (κ2) is 9.52. The maximum absolute atomic E-state index is 13.2. The lowest BCUT2D eigenvalue weighted by Crippen LogP contribution is -2.35. The van der Waals surface area contributed by atoms with Gasteiger partial charge in [0.15, 0.2) is 0 Å². The van der Waals surface area contributed by atoms with E-state index in [1.807, 2.05) is 68.4 Å². The van der Waals surface area contributed by atoms with E-state index in [2.05, 4.69) is 5.10 Å². The predicted molar refractivity (Wildman–Crippen MR) is 129 cm³/mol. The van der Waals surface area contributed by atoms with E-state index in [1.165, 1.54) is 11.1 Å². The third-order valence-electron chi connectivity index (χ3n) is 6.03. The number of benzene rings is 2. The van der Waals surface area contributed by atoms with Crippen molar-refractivity contribution < 1.29 is 19.4 Å². The van der Waals surface area contributed by atoms with Gasteiger partial charge in [-0.2, -0.15) is 5.10 Å². The molecular weight excluding hydrogens is 432 g/mol. The number of carbonyl (C=O) groups excluding carboxylic acids is 2. The van der Waals surface area contributed by atoms with Gasteiger partial charge in [-0.1, -0.05) is 30.3 Å². The molecule has 8 heteroatoms. The number of ketones is 1. The Morgan fingerprint density at radius 1 is 1.09 bits per heavy atom. The molecule has 2 heterocycles. The molecule has 1 N–H and O–H groups in total. The van der Waals surface area contributed by atoms with Crippen molar-refractivity contribution in [3.8, 4) is 11.4 Å². The molecule has 1 atom stereocenters. The molecule has 8 nitrogen and oxygen atoms in total. The number of methoxy groups -OCH3 is 1. The Hall–Kier alpha value is -3.91. The summed E-state index contributed by atoms with van der Waals surface area (Å²) < 4.78 is 6.95. The SMILES string of the molecule is COc1ccc([C@@H]2/C(=C(\O)c3cnn(-c4ccccc4)c3C)C(=O)C(=O)N2CCN(C)C)cc1. The van der Waals surface area contributed by atoms with Crippen LogP contribution in [0.1, 0.15) is 22.9 Å². The van der Waals surface area contributed by atoms with Crippen LogP contribution in [0.15, 0.2) is 66.4 Å². The lowest BCUT2D eigenvalue weighted by molar-refractivity contribution is -0.140. The molecule has 34 heavy (non-hydrogen) atoms. The van der Waals surface area contributed by atoms with Gasteiger partial charge in [0, 0.05) is 13.1 Å². The monoisotopic (exact) mass is 460 g/mol. The quantitative estimate of drug-likeness (QED) is 0.331. The average Bonchev–Trinajstić information content (AvgIpc) is 3.35. The van der Waals surface area contributed by atoms with Crippen molar-refractivity contribution in [3.05, 3.63) is 83.2 Å². The first-order valence-corrected chi connectivity index (χ1v) is 11.0. The van der Waals surface area contributed by atoms with Crippen LogP contribution in [0.4, 0.5) is 0 Å². The number of aliphatic hydroxyl groups excluding tert-OH is 1. The number of amides is 1. The summed E-state index contributed by atoms with van der Waals surface area (Å²) in [5.41, 5.74) is 2.68. The summed E-state index contributed by atoms with van der Waals surface area (Å²) in [6.07, 6.45) is 1.52. The Morgan fingerprint density at radius 3 is 2.38 bits per heavy atom. The Morgan fingerprint density at radius 2 is 1.76 bits per heavy atom. The van der Waals surface area contributed by atoms with Gasteiger partial charge in [-0.3, -0.25) is 9.59 Å². The van der Waals surface area contributed by atoms with E-state index in [-0.39, 0.29) is 11.3 Å². The molecule has 2 aromatic carbocycles. The molecule has 1 aliphatic heterocycles. The summed E-state index contributed by atoms with van der Waals surface area (Å²) in [4.78, 5) is 29.7. The van der Waals surface area contributed by atoms with Crippen LogP contribution in [0.2, 0.25) is 0 Å². The van der Waals surface area contributed by atoms with Crippen LogP contribution >= 0.6 is 0 Å². The summed E-state index contributed by atoms with van der Waals surface area (Å²) in [5, 5.41) is 15.8. The maximum Gasteiger partial charge on any atom is 0.295 e.